The van der Waals surface area contributed by atoms with Crippen LogP contribution in [0.5, 0.6) is 23.0 Å². The lowest BCUT2D eigenvalue weighted by Crippen LogP contribution is -2.25. The van der Waals surface area contributed by atoms with Crippen LogP contribution >= 0.6 is 23.2 Å². The lowest BCUT2D eigenvalue weighted by Gasteiger charge is -2.25. The van der Waals surface area contributed by atoms with Gasteiger partial charge in [-0.05, 0) is 73.2 Å². The normalized spacial score (nSPS) is 16.0. The number of carboxylic acid groups (broad SMARTS) is 1. The zero-order valence-electron chi connectivity index (χ0n) is 21.0. The van der Waals surface area contributed by atoms with E-state index < -0.39 is 12.3 Å². The molecule has 0 saturated heterocycles. The Labute approximate surface area is 235 Å². The topological polar surface area (TPSA) is 103 Å². The average Bonchev–Trinajstić information content (AvgIpc) is 3.74. The number of rotatable bonds is 10. The molecule has 10 heteroatoms. The van der Waals surface area contributed by atoms with E-state index >= 15 is 0 Å². The molecule has 1 saturated carbocycles. The van der Waals surface area contributed by atoms with Gasteiger partial charge in [0.1, 0.15) is 29.1 Å². The van der Waals surface area contributed by atoms with E-state index in [0.717, 1.165) is 11.3 Å². The monoisotopic (exact) mass is 571 g/mol. The van der Waals surface area contributed by atoms with Gasteiger partial charge >= 0.3 is 6.16 Å². The van der Waals surface area contributed by atoms with Gasteiger partial charge in [-0.3, -0.25) is 4.79 Å². The van der Waals surface area contributed by atoms with Crippen LogP contribution in [0.2, 0.25) is 10.0 Å². The van der Waals surface area contributed by atoms with E-state index in [2.05, 4.69) is 5.32 Å². The lowest BCUT2D eigenvalue weighted by molar-refractivity contribution is 0.0326. The Bertz CT molecular complexity index is 1360. The molecule has 39 heavy (non-hydrogen) atoms. The van der Waals surface area contributed by atoms with Crippen LogP contribution in [0.4, 0.5) is 4.79 Å². The molecule has 8 nitrogen and oxygen atoms in total. The number of carbonyl (C=O) groups excluding carboxylic acids is 1. The molecule has 1 amide bonds. The van der Waals surface area contributed by atoms with Gasteiger partial charge in [0.25, 0.3) is 5.91 Å². The summed E-state index contributed by atoms with van der Waals surface area (Å²) in [6, 6.07) is 15.4. The molecule has 204 valence electrons. The van der Waals surface area contributed by atoms with Crippen LogP contribution in [0.15, 0.2) is 54.6 Å². The van der Waals surface area contributed by atoms with Gasteiger partial charge in [0.15, 0.2) is 0 Å². The molecule has 1 aliphatic carbocycles. The minimum Gasteiger partial charge on any atom is -0.493 e. The van der Waals surface area contributed by atoms with Crippen LogP contribution in [0.25, 0.3) is 0 Å². The molecule has 1 unspecified atom stereocenters. The van der Waals surface area contributed by atoms with Gasteiger partial charge < -0.3 is 29.4 Å². The van der Waals surface area contributed by atoms with Gasteiger partial charge in [-0.15, -0.1) is 0 Å². The summed E-state index contributed by atoms with van der Waals surface area (Å²) in [4.78, 5) is 23.7. The SMILES string of the molecule is O=C(O)OC1CCOc2cc(Oc3ccc(C(=O)NCCc4ccc(Cl)cc4OCC4CC4)cc3)c(Cl)cc21. The van der Waals surface area contributed by atoms with Crippen LogP contribution < -0.4 is 19.5 Å². The maximum absolute atomic E-state index is 12.7. The van der Waals surface area contributed by atoms with Crippen LogP contribution in [0.3, 0.4) is 0 Å². The van der Waals surface area contributed by atoms with Crippen LogP contribution in [-0.2, 0) is 11.2 Å². The summed E-state index contributed by atoms with van der Waals surface area (Å²) in [5.41, 5.74) is 2.03. The zero-order chi connectivity index (χ0) is 27.4. The molecule has 0 aromatic heterocycles. The maximum Gasteiger partial charge on any atom is 0.506 e. The molecule has 5 rings (SSSR count). The van der Waals surface area contributed by atoms with Crippen molar-refractivity contribution < 1.29 is 33.6 Å². The van der Waals surface area contributed by atoms with Gasteiger partial charge in [-0.2, -0.15) is 0 Å². The molecule has 3 aromatic carbocycles. The Kier molecular flexibility index (Phi) is 8.33. The van der Waals surface area contributed by atoms with E-state index in [1.807, 2.05) is 18.2 Å². The summed E-state index contributed by atoms with van der Waals surface area (Å²) < 4.78 is 22.4. The fourth-order valence-corrected chi connectivity index (χ4v) is 4.63. The third-order valence-electron chi connectivity index (χ3n) is 6.52. The van der Waals surface area contributed by atoms with Crippen molar-refractivity contribution in [3.8, 4) is 23.0 Å². The number of carbonyl (C=O) groups is 2. The highest BCUT2D eigenvalue weighted by Gasteiger charge is 2.27. The first-order chi connectivity index (χ1) is 18.9. The quantitative estimate of drug-likeness (QED) is 0.251. The molecule has 1 heterocycles. The van der Waals surface area contributed by atoms with Gasteiger partial charge in [0, 0.05) is 35.2 Å². The van der Waals surface area contributed by atoms with Crippen LogP contribution in [0.1, 0.15) is 46.9 Å². The minimum absolute atomic E-state index is 0.208. The number of halogens is 2. The van der Waals surface area contributed by atoms with Crippen molar-refractivity contribution in [1.82, 2.24) is 5.32 Å². The molecule has 0 bridgehead atoms. The van der Waals surface area contributed by atoms with Crippen molar-refractivity contribution in [3.63, 3.8) is 0 Å². The van der Waals surface area contributed by atoms with E-state index in [0.29, 0.717) is 71.9 Å². The van der Waals surface area contributed by atoms with Crippen molar-refractivity contribution in [1.29, 1.82) is 0 Å². The van der Waals surface area contributed by atoms with Crippen LogP contribution in [0, 0.1) is 5.92 Å². The van der Waals surface area contributed by atoms with E-state index in [1.165, 1.54) is 12.8 Å². The standard InChI is InChI=1S/C29H27Cl2NO7/c30-20-6-3-18(25(13-20)37-16-17-1-2-17)9-11-32-28(33)19-4-7-21(8-5-19)38-27-15-26-22(14-23(27)31)24(10-12-36-26)39-29(34)35/h3-8,13-15,17,24H,1-2,9-12,16H2,(H,32,33)(H,34,35). The predicted molar refractivity (Wildman–Crippen MR) is 146 cm³/mol. The fourth-order valence-electron chi connectivity index (χ4n) is 4.26. The van der Waals surface area contributed by atoms with Crippen LogP contribution in [-0.4, -0.2) is 36.9 Å². The van der Waals surface area contributed by atoms with Gasteiger partial charge in [-0.1, -0.05) is 29.3 Å². The van der Waals surface area contributed by atoms with Gasteiger partial charge in [0.2, 0.25) is 0 Å². The van der Waals surface area contributed by atoms with Crippen molar-refractivity contribution >= 4 is 35.3 Å². The molecule has 1 aliphatic heterocycles. The first-order valence-electron chi connectivity index (χ1n) is 12.7. The summed E-state index contributed by atoms with van der Waals surface area (Å²) >= 11 is 12.5. The summed E-state index contributed by atoms with van der Waals surface area (Å²) in [6.07, 6.45) is 1.40. The van der Waals surface area contributed by atoms with Gasteiger partial charge in [0.05, 0.1) is 18.2 Å². The number of ether oxygens (including phenoxy) is 4. The second-order valence-electron chi connectivity index (χ2n) is 9.47. The van der Waals surface area contributed by atoms with Crippen molar-refractivity contribution in [2.75, 3.05) is 19.8 Å². The Hall–Kier alpha value is -3.62. The Morgan fingerprint density at radius 3 is 2.54 bits per heavy atom. The Morgan fingerprint density at radius 1 is 1.00 bits per heavy atom. The molecule has 0 radical (unpaired) electrons. The molecule has 2 N–H and O–H groups in total. The maximum atomic E-state index is 12.7. The molecular formula is C29H27Cl2NO7. The number of nitrogens with one attached hydrogen (secondary N) is 1. The average molecular weight is 572 g/mol. The van der Waals surface area contributed by atoms with E-state index in [-0.39, 0.29) is 10.9 Å². The van der Waals surface area contributed by atoms with E-state index in [4.69, 9.17) is 47.3 Å². The van der Waals surface area contributed by atoms with Crippen molar-refractivity contribution in [3.05, 3.63) is 81.3 Å². The third kappa shape index (κ3) is 7.07. The third-order valence-corrected chi connectivity index (χ3v) is 7.05. The lowest BCUT2D eigenvalue weighted by atomic mass is 10.0. The molecule has 2 aliphatic rings. The number of amides is 1. The smallest absolute Gasteiger partial charge is 0.493 e. The Balaban J connectivity index is 1.17. The summed E-state index contributed by atoms with van der Waals surface area (Å²) in [6.45, 7) is 1.44. The van der Waals surface area contributed by atoms with E-state index in [1.54, 1.807) is 36.4 Å². The number of hydrogen-bond donors (Lipinski definition) is 2. The van der Waals surface area contributed by atoms with Gasteiger partial charge in [-0.25, -0.2) is 4.79 Å². The second-order valence-corrected chi connectivity index (χ2v) is 10.3. The number of hydrogen-bond acceptors (Lipinski definition) is 6. The first-order valence-corrected chi connectivity index (χ1v) is 13.4. The van der Waals surface area contributed by atoms with Crippen molar-refractivity contribution in [2.45, 2.75) is 31.8 Å². The number of fused-ring (bicyclic) bond motifs is 1. The second kappa shape index (κ2) is 12.1. The summed E-state index contributed by atoms with van der Waals surface area (Å²) in [5, 5.41) is 12.8. The number of benzene rings is 3. The molecule has 3 aromatic rings. The summed E-state index contributed by atoms with van der Waals surface area (Å²) in [5.74, 6) is 2.45. The highest BCUT2D eigenvalue weighted by atomic mass is 35.5. The molecule has 1 atom stereocenters. The fraction of sp³-hybridized carbons (Fsp3) is 0.310. The molecule has 1 fully saturated rings. The highest BCUT2D eigenvalue weighted by Crippen LogP contribution is 2.42. The Morgan fingerprint density at radius 2 is 1.79 bits per heavy atom. The van der Waals surface area contributed by atoms with E-state index in [9.17, 15) is 9.59 Å². The summed E-state index contributed by atoms with van der Waals surface area (Å²) in [7, 11) is 0. The zero-order valence-corrected chi connectivity index (χ0v) is 22.5. The molecule has 0 spiro atoms. The van der Waals surface area contributed by atoms with Crippen molar-refractivity contribution in [2.24, 2.45) is 5.92 Å². The first kappa shape index (κ1) is 27.0. The minimum atomic E-state index is -1.36. The molecular weight excluding hydrogens is 545 g/mol. The largest absolute Gasteiger partial charge is 0.506 e. The highest BCUT2D eigenvalue weighted by molar-refractivity contribution is 6.32. The predicted octanol–water partition coefficient (Wildman–Crippen LogP) is 7.07.